The molecule has 1 aliphatic heterocycles. The van der Waals surface area contributed by atoms with Gasteiger partial charge in [-0.15, -0.1) is 11.3 Å². The van der Waals surface area contributed by atoms with Gasteiger partial charge in [-0.3, -0.25) is 14.7 Å². The third-order valence-electron chi connectivity index (χ3n) is 3.89. The highest BCUT2D eigenvalue weighted by Gasteiger charge is 2.42. The van der Waals surface area contributed by atoms with E-state index in [1.807, 2.05) is 0 Å². The number of carbonyl (C=O) groups excluding carboxylic acids is 1. The molecule has 1 saturated heterocycles. The summed E-state index contributed by atoms with van der Waals surface area (Å²) in [6, 6.07) is 0. The number of carboxylic acid groups (broad SMARTS) is 1. The van der Waals surface area contributed by atoms with E-state index >= 15 is 0 Å². The summed E-state index contributed by atoms with van der Waals surface area (Å²) in [6.45, 7) is 4.09. The van der Waals surface area contributed by atoms with Crippen molar-refractivity contribution in [1.29, 1.82) is 0 Å². The van der Waals surface area contributed by atoms with Gasteiger partial charge in [0.1, 0.15) is 11.2 Å². The maximum atomic E-state index is 12.6. The van der Waals surface area contributed by atoms with E-state index in [0.29, 0.717) is 34.4 Å². The van der Waals surface area contributed by atoms with Crippen LogP contribution < -0.4 is 0 Å². The zero-order valence-electron chi connectivity index (χ0n) is 12.2. The van der Waals surface area contributed by atoms with Gasteiger partial charge in [-0.25, -0.2) is 9.97 Å². The van der Waals surface area contributed by atoms with Crippen molar-refractivity contribution in [3.05, 3.63) is 16.9 Å². The molecular weight excluding hydrogens is 306 g/mol. The average Bonchev–Trinajstić information content (AvgIpc) is 3.17. The number of H-pyrrole nitrogens is 1. The van der Waals surface area contributed by atoms with Crippen molar-refractivity contribution in [1.82, 2.24) is 25.1 Å². The molecule has 22 heavy (non-hydrogen) atoms. The van der Waals surface area contributed by atoms with Crippen molar-refractivity contribution in [2.24, 2.45) is 5.41 Å². The van der Waals surface area contributed by atoms with E-state index in [1.54, 1.807) is 18.7 Å². The molecule has 116 valence electrons. The molecular formula is C13H15N5O3S. The predicted octanol–water partition coefficient (Wildman–Crippen LogP) is 1.17. The normalized spacial score (nSPS) is 21.3. The van der Waals surface area contributed by atoms with Crippen LogP contribution in [0, 0.1) is 12.3 Å². The van der Waals surface area contributed by atoms with E-state index in [4.69, 9.17) is 0 Å². The number of carbonyl (C=O) groups is 2. The van der Waals surface area contributed by atoms with E-state index in [2.05, 4.69) is 20.2 Å². The molecule has 2 aromatic heterocycles. The average molecular weight is 321 g/mol. The molecule has 1 fully saturated rings. The number of aromatic amines is 1. The van der Waals surface area contributed by atoms with Crippen LogP contribution in [0.4, 0.5) is 0 Å². The summed E-state index contributed by atoms with van der Waals surface area (Å²) in [5.74, 6) is -0.527. The first-order valence-electron chi connectivity index (χ1n) is 6.76. The first kappa shape index (κ1) is 14.6. The number of nitrogens with one attached hydrogen (secondary N) is 1. The second-order valence-corrected chi connectivity index (χ2v) is 6.61. The fraction of sp³-hybridized carbons (Fsp3) is 0.462. The van der Waals surface area contributed by atoms with Gasteiger partial charge in [0, 0.05) is 13.1 Å². The summed E-state index contributed by atoms with van der Waals surface area (Å²) in [5, 5.41) is 16.3. The Balaban J connectivity index is 1.83. The lowest BCUT2D eigenvalue weighted by atomic mass is 9.90. The summed E-state index contributed by atoms with van der Waals surface area (Å²) in [4.78, 5) is 34.4. The lowest BCUT2D eigenvalue weighted by molar-refractivity contribution is -0.147. The van der Waals surface area contributed by atoms with Gasteiger partial charge in [0.25, 0.3) is 5.91 Å². The molecule has 0 bridgehead atoms. The molecule has 1 aliphatic rings. The number of amides is 1. The van der Waals surface area contributed by atoms with E-state index in [1.165, 1.54) is 17.7 Å². The number of likely N-dealkylation sites (tertiary alicyclic amines) is 1. The number of hydrogen-bond donors (Lipinski definition) is 2. The van der Waals surface area contributed by atoms with E-state index in [9.17, 15) is 14.7 Å². The van der Waals surface area contributed by atoms with Crippen LogP contribution in [0.1, 0.15) is 28.7 Å². The van der Waals surface area contributed by atoms with Crippen molar-refractivity contribution in [3.63, 3.8) is 0 Å². The van der Waals surface area contributed by atoms with E-state index < -0.39 is 11.4 Å². The number of hydrogen-bond acceptors (Lipinski definition) is 6. The van der Waals surface area contributed by atoms with Crippen molar-refractivity contribution in [2.75, 3.05) is 13.1 Å². The molecule has 2 aromatic rings. The summed E-state index contributed by atoms with van der Waals surface area (Å²) in [5.41, 5.74) is -0.257. The molecule has 9 heteroatoms. The number of rotatable bonds is 3. The van der Waals surface area contributed by atoms with Crippen molar-refractivity contribution >= 4 is 23.2 Å². The first-order valence-corrected chi connectivity index (χ1v) is 7.58. The fourth-order valence-corrected chi connectivity index (χ4v) is 3.44. The minimum Gasteiger partial charge on any atom is -0.481 e. The smallest absolute Gasteiger partial charge is 0.311 e. The Labute approximate surface area is 130 Å². The first-order chi connectivity index (χ1) is 10.4. The monoisotopic (exact) mass is 321 g/mol. The molecule has 3 rings (SSSR count). The van der Waals surface area contributed by atoms with E-state index in [-0.39, 0.29) is 12.5 Å². The third-order valence-corrected chi connectivity index (χ3v) is 5.04. The van der Waals surface area contributed by atoms with Crippen LogP contribution in [0.3, 0.4) is 0 Å². The number of carboxylic acids is 1. The number of aromatic nitrogens is 4. The van der Waals surface area contributed by atoms with Crippen molar-refractivity contribution in [2.45, 2.75) is 20.3 Å². The largest absolute Gasteiger partial charge is 0.481 e. The quantitative estimate of drug-likeness (QED) is 0.877. The standard InChI is InChI=1S/C13H15N5O3S/c1-7-8(22-10(16-7)9-14-6-15-17-9)11(19)18-4-3-13(2,5-18)12(20)21/h6H,3-5H2,1-2H3,(H,20,21)(H,14,15,17)/t13-/m1/s1. The Kier molecular flexibility index (Phi) is 3.44. The molecule has 0 saturated carbocycles. The van der Waals surface area contributed by atoms with E-state index in [0.717, 1.165) is 0 Å². The minimum atomic E-state index is -0.873. The van der Waals surface area contributed by atoms with Gasteiger partial charge in [-0.2, -0.15) is 5.10 Å². The Morgan fingerprint density at radius 1 is 1.50 bits per heavy atom. The second-order valence-electron chi connectivity index (χ2n) is 5.61. The Morgan fingerprint density at radius 2 is 2.27 bits per heavy atom. The maximum Gasteiger partial charge on any atom is 0.311 e. The van der Waals surface area contributed by atoms with Crippen LogP contribution in [-0.4, -0.2) is 55.1 Å². The lowest BCUT2D eigenvalue weighted by Crippen LogP contribution is -2.34. The lowest BCUT2D eigenvalue weighted by Gasteiger charge is -2.19. The van der Waals surface area contributed by atoms with Gasteiger partial charge in [-0.1, -0.05) is 0 Å². The molecule has 0 spiro atoms. The highest BCUT2D eigenvalue weighted by molar-refractivity contribution is 7.17. The van der Waals surface area contributed by atoms with Crippen LogP contribution in [0.2, 0.25) is 0 Å². The number of aryl methyl sites for hydroxylation is 1. The molecule has 2 N–H and O–H groups in total. The highest BCUT2D eigenvalue weighted by Crippen LogP contribution is 2.33. The van der Waals surface area contributed by atoms with Crippen LogP contribution in [0.25, 0.3) is 10.8 Å². The molecule has 0 unspecified atom stereocenters. The van der Waals surface area contributed by atoms with Crippen LogP contribution in [0.5, 0.6) is 0 Å². The second kappa shape index (κ2) is 5.16. The van der Waals surface area contributed by atoms with Crippen LogP contribution >= 0.6 is 11.3 Å². The maximum absolute atomic E-state index is 12.6. The SMILES string of the molecule is Cc1nc(-c2ncn[nH]2)sc1C(=O)N1CC[C@@](C)(C(=O)O)C1. The summed E-state index contributed by atoms with van der Waals surface area (Å²) >= 11 is 1.24. The molecule has 0 aliphatic carbocycles. The fourth-order valence-electron chi connectivity index (χ4n) is 2.46. The zero-order valence-corrected chi connectivity index (χ0v) is 13.0. The molecule has 3 heterocycles. The molecule has 1 amide bonds. The molecule has 8 nitrogen and oxygen atoms in total. The number of nitrogens with zero attached hydrogens (tertiary/aromatic N) is 4. The topological polar surface area (TPSA) is 112 Å². The molecule has 0 aromatic carbocycles. The summed E-state index contributed by atoms with van der Waals surface area (Å²) in [6.07, 6.45) is 1.84. The third kappa shape index (κ3) is 2.37. The van der Waals surface area contributed by atoms with Gasteiger partial charge in [0.05, 0.1) is 11.1 Å². The van der Waals surface area contributed by atoms with Gasteiger partial charge >= 0.3 is 5.97 Å². The van der Waals surface area contributed by atoms with Crippen LogP contribution in [-0.2, 0) is 4.79 Å². The Bertz CT molecular complexity index is 726. The van der Waals surface area contributed by atoms with Gasteiger partial charge in [0.15, 0.2) is 10.8 Å². The van der Waals surface area contributed by atoms with Gasteiger partial charge in [-0.05, 0) is 20.3 Å². The Hall–Kier alpha value is -2.29. The van der Waals surface area contributed by atoms with Crippen LogP contribution in [0.15, 0.2) is 6.33 Å². The Morgan fingerprint density at radius 3 is 2.86 bits per heavy atom. The summed E-state index contributed by atoms with van der Waals surface area (Å²) in [7, 11) is 0. The van der Waals surface area contributed by atoms with Gasteiger partial charge in [0.2, 0.25) is 0 Å². The van der Waals surface area contributed by atoms with Crippen molar-refractivity contribution in [3.8, 4) is 10.8 Å². The molecule has 0 radical (unpaired) electrons. The number of aliphatic carboxylic acids is 1. The zero-order chi connectivity index (χ0) is 15.9. The molecule has 1 atom stereocenters. The number of thiazole rings is 1. The highest BCUT2D eigenvalue weighted by atomic mass is 32.1. The predicted molar refractivity (Wildman–Crippen MR) is 78.5 cm³/mol. The van der Waals surface area contributed by atoms with Crippen molar-refractivity contribution < 1.29 is 14.7 Å². The summed E-state index contributed by atoms with van der Waals surface area (Å²) < 4.78 is 0. The van der Waals surface area contributed by atoms with Gasteiger partial charge < -0.3 is 10.0 Å². The minimum absolute atomic E-state index is 0.175.